The molecule has 0 N–H and O–H groups in total. The topological polar surface area (TPSA) is 101 Å². The van der Waals surface area contributed by atoms with E-state index in [0.29, 0.717) is 29.5 Å². The Balaban J connectivity index is 1.37. The van der Waals surface area contributed by atoms with Gasteiger partial charge >= 0.3 is 0 Å². The van der Waals surface area contributed by atoms with E-state index in [0.717, 1.165) is 5.56 Å². The van der Waals surface area contributed by atoms with Crippen molar-refractivity contribution in [2.24, 2.45) is 7.05 Å². The molecule has 1 aliphatic heterocycles. The summed E-state index contributed by atoms with van der Waals surface area (Å²) in [5.74, 6) is 0.977. The van der Waals surface area contributed by atoms with Gasteiger partial charge in [0.1, 0.15) is 12.9 Å². The van der Waals surface area contributed by atoms with Crippen LogP contribution in [0.2, 0.25) is 0 Å². The summed E-state index contributed by atoms with van der Waals surface area (Å²) in [6, 6.07) is 10.1. The van der Waals surface area contributed by atoms with Crippen molar-refractivity contribution in [1.29, 1.82) is 0 Å². The molecule has 9 nitrogen and oxygen atoms in total. The zero-order chi connectivity index (χ0) is 20.0. The largest absolute Gasteiger partial charge is 0.372 e. The zero-order valence-corrected chi connectivity index (χ0v) is 17.6. The van der Waals surface area contributed by atoms with Crippen LogP contribution in [-0.2, 0) is 18.3 Å². The van der Waals surface area contributed by atoms with Gasteiger partial charge in [-0.3, -0.25) is 9.36 Å². The molecule has 1 aromatic carbocycles. The molecule has 0 bridgehead atoms. The Kier molecular flexibility index (Phi) is 4.66. The van der Waals surface area contributed by atoms with E-state index in [-0.39, 0.29) is 28.1 Å². The maximum Gasteiger partial charge on any atom is 0.280 e. The van der Waals surface area contributed by atoms with Gasteiger partial charge in [0.05, 0.1) is 28.9 Å². The third kappa shape index (κ3) is 3.25. The fourth-order valence-electron chi connectivity index (χ4n) is 3.55. The van der Waals surface area contributed by atoms with Crippen LogP contribution in [0.5, 0.6) is 0 Å². The van der Waals surface area contributed by atoms with Gasteiger partial charge in [-0.2, -0.15) is 4.98 Å². The second-order valence-corrected chi connectivity index (χ2v) is 8.41. The van der Waals surface area contributed by atoms with E-state index in [2.05, 4.69) is 54.8 Å². The molecule has 4 heterocycles. The standard InChI is InChI=1S/C19H17IN6O3/c1-25-9-21-18-15(25)19(27)26(10-22-18)7-13-23-17(24-29-13)12-8-28-16(14(12)20)11-5-3-2-4-6-11/h2-6,9-10,12,14,16H,7-8H2,1H3. The molecule has 0 spiro atoms. The van der Waals surface area contributed by atoms with Crippen LogP contribution in [0.25, 0.3) is 11.2 Å². The van der Waals surface area contributed by atoms with E-state index in [1.54, 1.807) is 17.9 Å². The summed E-state index contributed by atoms with van der Waals surface area (Å²) in [5.41, 5.74) is 1.80. The first-order chi connectivity index (χ1) is 14.1. The van der Waals surface area contributed by atoms with E-state index < -0.39 is 0 Å². The van der Waals surface area contributed by atoms with Gasteiger partial charge in [0.25, 0.3) is 5.56 Å². The molecular formula is C19H17IN6O3. The van der Waals surface area contributed by atoms with Crippen LogP contribution in [-0.4, -0.2) is 39.8 Å². The highest BCUT2D eigenvalue weighted by Crippen LogP contribution is 2.42. The van der Waals surface area contributed by atoms with Crippen LogP contribution in [0, 0.1) is 0 Å². The lowest BCUT2D eigenvalue weighted by molar-refractivity contribution is 0.113. The van der Waals surface area contributed by atoms with Crippen molar-refractivity contribution in [3.05, 3.63) is 70.6 Å². The molecular weight excluding hydrogens is 487 g/mol. The quantitative estimate of drug-likeness (QED) is 0.310. The van der Waals surface area contributed by atoms with Gasteiger partial charge in [0.15, 0.2) is 17.0 Å². The summed E-state index contributed by atoms with van der Waals surface area (Å²) < 4.78 is 14.7. The maximum absolute atomic E-state index is 12.7. The average Bonchev–Trinajstić information content (AvgIpc) is 3.44. The lowest BCUT2D eigenvalue weighted by Gasteiger charge is -2.15. The highest BCUT2D eigenvalue weighted by Gasteiger charge is 2.39. The van der Waals surface area contributed by atoms with Crippen LogP contribution in [0.4, 0.5) is 0 Å². The maximum atomic E-state index is 12.7. The predicted molar refractivity (Wildman–Crippen MR) is 112 cm³/mol. The number of nitrogens with zero attached hydrogens (tertiary/aromatic N) is 6. The van der Waals surface area contributed by atoms with Gasteiger partial charge < -0.3 is 13.8 Å². The fraction of sp³-hybridized carbons (Fsp3) is 0.316. The third-order valence-electron chi connectivity index (χ3n) is 5.08. The Bertz CT molecular complexity index is 1220. The van der Waals surface area contributed by atoms with Crippen molar-refractivity contribution < 1.29 is 9.26 Å². The zero-order valence-electron chi connectivity index (χ0n) is 15.5. The Morgan fingerprint density at radius 2 is 2.00 bits per heavy atom. The molecule has 4 aromatic rings. The van der Waals surface area contributed by atoms with Crippen molar-refractivity contribution in [2.45, 2.75) is 22.5 Å². The van der Waals surface area contributed by atoms with Gasteiger partial charge in [-0.05, 0) is 5.56 Å². The van der Waals surface area contributed by atoms with Gasteiger partial charge in [-0.1, -0.05) is 58.1 Å². The Morgan fingerprint density at radius 1 is 1.21 bits per heavy atom. The highest BCUT2D eigenvalue weighted by molar-refractivity contribution is 14.1. The molecule has 3 atom stereocenters. The number of imidazole rings is 1. The number of benzene rings is 1. The summed E-state index contributed by atoms with van der Waals surface area (Å²) >= 11 is 2.39. The monoisotopic (exact) mass is 504 g/mol. The second-order valence-electron chi connectivity index (χ2n) is 6.97. The molecule has 1 saturated heterocycles. The highest BCUT2D eigenvalue weighted by atomic mass is 127. The minimum atomic E-state index is -0.199. The van der Waals surface area contributed by atoms with E-state index >= 15 is 0 Å². The number of hydrogen-bond acceptors (Lipinski definition) is 7. The fourth-order valence-corrected chi connectivity index (χ4v) is 4.71. The third-order valence-corrected chi connectivity index (χ3v) is 6.60. The van der Waals surface area contributed by atoms with Crippen molar-refractivity contribution in [3.63, 3.8) is 0 Å². The number of hydrogen-bond donors (Lipinski definition) is 0. The number of ether oxygens (including phenoxy) is 1. The lowest BCUT2D eigenvalue weighted by atomic mass is 10.00. The van der Waals surface area contributed by atoms with E-state index in [9.17, 15) is 4.79 Å². The molecule has 0 amide bonds. The first kappa shape index (κ1) is 18.4. The first-order valence-corrected chi connectivity index (χ1v) is 10.4. The van der Waals surface area contributed by atoms with Crippen LogP contribution in [0.1, 0.15) is 29.3 Å². The van der Waals surface area contributed by atoms with Crippen molar-refractivity contribution in [2.75, 3.05) is 6.61 Å². The normalized spacial score (nSPS) is 21.8. The summed E-state index contributed by atoms with van der Waals surface area (Å²) in [5, 5.41) is 4.15. The summed E-state index contributed by atoms with van der Waals surface area (Å²) in [6.45, 7) is 0.677. The van der Waals surface area contributed by atoms with Crippen molar-refractivity contribution in [3.8, 4) is 0 Å². The van der Waals surface area contributed by atoms with Crippen molar-refractivity contribution >= 4 is 33.8 Å². The van der Waals surface area contributed by atoms with Gasteiger partial charge in [0.2, 0.25) is 5.89 Å². The molecule has 5 rings (SSSR count). The Labute approximate surface area is 178 Å². The van der Waals surface area contributed by atoms with E-state index in [1.165, 1.54) is 10.9 Å². The summed E-state index contributed by atoms with van der Waals surface area (Å²) in [4.78, 5) is 25.5. The van der Waals surface area contributed by atoms with Crippen LogP contribution in [0.3, 0.4) is 0 Å². The SMILES string of the molecule is Cn1cnc2ncn(Cc3nc(C4COC(c5ccccc5)C4I)no3)c(=O)c21. The van der Waals surface area contributed by atoms with E-state index in [1.807, 2.05) is 18.2 Å². The molecule has 0 saturated carbocycles. The molecule has 148 valence electrons. The van der Waals surface area contributed by atoms with Crippen molar-refractivity contribution in [1.82, 2.24) is 29.2 Å². The lowest BCUT2D eigenvalue weighted by Crippen LogP contribution is -2.22. The molecule has 1 fully saturated rings. The molecule has 3 unspecified atom stereocenters. The first-order valence-electron chi connectivity index (χ1n) is 9.11. The molecule has 29 heavy (non-hydrogen) atoms. The number of rotatable bonds is 4. The Morgan fingerprint density at radius 3 is 2.83 bits per heavy atom. The van der Waals surface area contributed by atoms with E-state index in [4.69, 9.17) is 9.26 Å². The average molecular weight is 504 g/mol. The second kappa shape index (κ2) is 7.34. The molecule has 0 aliphatic carbocycles. The molecule has 1 aliphatic rings. The summed E-state index contributed by atoms with van der Waals surface area (Å²) in [7, 11) is 1.76. The summed E-state index contributed by atoms with van der Waals surface area (Å²) in [6.07, 6.45) is 3.01. The number of aryl methyl sites for hydroxylation is 1. The minimum Gasteiger partial charge on any atom is -0.372 e. The number of fused-ring (bicyclic) bond motifs is 1. The number of alkyl halides is 1. The number of halogens is 1. The molecule has 10 heteroatoms. The molecule has 0 radical (unpaired) electrons. The minimum absolute atomic E-state index is 0.0113. The van der Waals surface area contributed by atoms with Gasteiger partial charge in [-0.15, -0.1) is 0 Å². The predicted octanol–water partition coefficient (Wildman–Crippen LogP) is 2.22. The van der Waals surface area contributed by atoms with Crippen LogP contribution < -0.4 is 5.56 Å². The van der Waals surface area contributed by atoms with Gasteiger partial charge in [0, 0.05) is 7.05 Å². The van der Waals surface area contributed by atoms with Gasteiger partial charge in [-0.25, -0.2) is 9.97 Å². The Hall–Kier alpha value is -2.60. The number of aromatic nitrogens is 6. The van der Waals surface area contributed by atoms with Crippen LogP contribution in [0.15, 0.2) is 52.3 Å². The van der Waals surface area contributed by atoms with Crippen LogP contribution >= 0.6 is 22.6 Å². The molecule has 3 aromatic heterocycles. The smallest absolute Gasteiger partial charge is 0.280 e.